The second-order valence-electron chi connectivity index (χ2n) is 7.90. The van der Waals surface area contributed by atoms with Crippen LogP contribution in [0.1, 0.15) is 36.0 Å². The molecule has 30 heavy (non-hydrogen) atoms. The number of fused-ring (bicyclic) bond motifs is 1. The molecule has 1 saturated heterocycles. The second kappa shape index (κ2) is 10.2. The van der Waals surface area contributed by atoms with Crippen LogP contribution in [0.3, 0.4) is 0 Å². The quantitative estimate of drug-likeness (QED) is 0.320. The normalized spacial score (nSPS) is 17.7. The van der Waals surface area contributed by atoms with Gasteiger partial charge >= 0.3 is 0 Å². The van der Waals surface area contributed by atoms with Gasteiger partial charge < -0.3 is 20.5 Å². The van der Waals surface area contributed by atoms with Gasteiger partial charge in [0, 0.05) is 34.9 Å². The number of hydrogen-bond acceptors (Lipinski definition) is 3. The Kier molecular flexibility index (Phi) is 7.87. The minimum atomic E-state index is -0.210. The van der Waals surface area contributed by atoms with Crippen molar-refractivity contribution in [1.82, 2.24) is 0 Å². The molecule has 0 radical (unpaired) electrons. The van der Waals surface area contributed by atoms with E-state index in [1.54, 1.807) is 7.11 Å². The summed E-state index contributed by atoms with van der Waals surface area (Å²) >= 11 is 6.31. The standard InChI is InChI=1S/C23H28ClN3O2.HI/c1-28-21-8-6-18(24)14-20(21)23(9-11-29-12-10-23)15-26-22(25)27-19-7-5-16-3-2-4-17(16)13-19;/h5-8,13-14H,2-4,9-12,15H2,1H3,(H3,25,26,27);1H. The molecule has 0 spiro atoms. The van der Waals surface area contributed by atoms with E-state index in [-0.39, 0.29) is 29.4 Å². The molecule has 2 aliphatic rings. The third kappa shape index (κ3) is 5.03. The number of anilines is 1. The minimum absolute atomic E-state index is 0. The molecule has 0 unspecified atom stereocenters. The Bertz CT molecular complexity index is 913. The van der Waals surface area contributed by atoms with Gasteiger partial charge in [-0.05, 0) is 73.6 Å². The zero-order chi connectivity index (χ0) is 20.3. The van der Waals surface area contributed by atoms with Crippen molar-refractivity contribution in [3.63, 3.8) is 0 Å². The highest BCUT2D eigenvalue weighted by Gasteiger charge is 2.37. The van der Waals surface area contributed by atoms with E-state index in [2.05, 4.69) is 23.5 Å². The average molecular weight is 542 g/mol. The largest absolute Gasteiger partial charge is 0.496 e. The number of halogens is 2. The maximum absolute atomic E-state index is 6.31. The first kappa shape index (κ1) is 23.2. The first-order valence-corrected chi connectivity index (χ1v) is 10.6. The molecule has 0 aromatic heterocycles. The van der Waals surface area contributed by atoms with Crippen LogP contribution in [-0.2, 0) is 23.0 Å². The fraction of sp³-hybridized carbons (Fsp3) is 0.435. The minimum Gasteiger partial charge on any atom is -0.496 e. The van der Waals surface area contributed by atoms with Crippen molar-refractivity contribution in [3.05, 3.63) is 58.1 Å². The number of methoxy groups -OCH3 is 1. The number of benzene rings is 2. The van der Waals surface area contributed by atoms with Gasteiger partial charge in [-0.15, -0.1) is 24.0 Å². The van der Waals surface area contributed by atoms with Crippen LogP contribution in [0.4, 0.5) is 5.69 Å². The first-order valence-electron chi connectivity index (χ1n) is 10.2. The summed E-state index contributed by atoms with van der Waals surface area (Å²) in [6.45, 7) is 1.92. The first-order chi connectivity index (χ1) is 14.1. The molecule has 162 valence electrons. The lowest BCUT2D eigenvalue weighted by Crippen LogP contribution is -2.38. The maximum Gasteiger partial charge on any atom is 0.193 e. The van der Waals surface area contributed by atoms with Crippen LogP contribution in [0.5, 0.6) is 5.75 Å². The third-order valence-electron chi connectivity index (χ3n) is 6.11. The molecule has 5 nitrogen and oxygen atoms in total. The van der Waals surface area contributed by atoms with Gasteiger partial charge in [0.05, 0.1) is 13.7 Å². The van der Waals surface area contributed by atoms with Gasteiger partial charge in [-0.2, -0.15) is 0 Å². The van der Waals surface area contributed by atoms with Gasteiger partial charge in [-0.25, -0.2) is 0 Å². The van der Waals surface area contributed by atoms with Gasteiger partial charge in [0.1, 0.15) is 5.75 Å². The molecule has 3 N–H and O–H groups in total. The summed E-state index contributed by atoms with van der Waals surface area (Å²) in [7, 11) is 1.69. The predicted octanol–water partition coefficient (Wildman–Crippen LogP) is 4.93. The summed E-state index contributed by atoms with van der Waals surface area (Å²) < 4.78 is 11.3. The molecule has 7 heteroatoms. The van der Waals surface area contributed by atoms with Crippen LogP contribution in [0, 0.1) is 0 Å². The number of rotatable bonds is 5. The molecule has 0 amide bonds. The van der Waals surface area contributed by atoms with Crippen LogP contribution >= 0.6 is 35.6 Å². The van der Waals surface area contributed by atoms with E-state index in [4.69, 9.17) is 31.8 Å². The molecule has 1 aliphatic heterocycles. The number of nitrogens with one attached hydrogen (secondary N) is 1. The smallest absolute Gasteiger partial charge is 0.193 e. The summed E-state index contributed by atoms with van der Waals surface area (Å²) in [6, 6.07) is 12.2. The summed E-state index contributed by atoms with van der Waals surface area (Å²) in [4.78, 5) is 4.72. The van der Waals surface area contributed by atoms with Crippen molar-refractivity contribution in [2.24, 2.45) is 10.7 Å². The van der Waals surface area contributed by atoms with Crippen molar-refractivity contribution in [2.75, 3.05) is 32.2 Å². The van der Waals surface area contributed by atoms with Gasteiger partial charge in [0.2, 0.25) is 0 Å². The lowest BCUT2D eigenvalue weighted by Gasteiger charge is -2.37. The zero-order valence-corrected chi connectivity index (χ0v) is 20.3. The van der Waals surface area contributed by atoms with E-state index in [1.807, 2.05) is 18.2 Å². The molecule has 0 bridgehead atoms. The van der Waals surface area contributed by atoms with Gasteiger partial charge in [-0.1, -0.05) is 17.7 Å². The summed E-state index contributed by atoms with van der Waals surface area (Å²) in [5, 5.41) is 3.95. The number of aliphatic imine (C=N–C) groups is 1. The van der Waals surface area contributed by atoms with Crippen molar-refractivity contribution >= 4 is 47.2 Å². The number of nitrogens with two attached hydrogens (primary N) is 1. The number of guanidine groups is 1. The topological polar surface area (TPSA) is 68.9 Å². The van der Waals surface area contributed by atoms with Crippen LogP contribution in [0.15, 0.2) is 41.4 Å². The molecule has 1 fully saturated rings. The Labute approximate surface area is 200 Å². The molecule has 1 heterocycles. The molecule has 2 aromatic rings. The lowest BCUT2D eigenvalue weighted by molar-refractivity contribution is 0.0523. The highest BCUT2D eigenvalue weighted by molar-refractivity contribution is 14.0. The molecule has 0 saturated carbocycles. The van der Waals surface area contributed by atoms with E-state index in [9.17, 15) is 0 Å². The molecular weight excluding hydrogens is 513 g/mol. The van der Waals surface area contributed by atoms with E-state index in [0.717, 1.165) is 36.3 Å². The van der Waals surface area contributed by atoms with Crippen molar-refractivity contribution in [1.29, 1.82) is 0 Å². The van der Waals surface area contributed by atoms with Crippen molar-refractivity contribution in [2.45, 2.75) is 37.5 Å². The Hall–Kier alpha value is -1.51. The van der Waals surface area contributed by atoms with E-state index >= 15 is 0 Å². The van der Waals surface area contributed by atoms with Crippen LogP contribution in [-0.4, -0.2) is 32.8 Å². The molecule has 1 aliphatic carbocycles. The van der Waals surface area contributed by atoms with Crippen molar-refractivity contribution < 1.29 is 9.47 Å². The highest BCUT2D eigenvalue weighted by Crippen LogP contribution is 2.41. The maximum atomic E-state index is 6.31. The Morgan fingerprint density at radius 3 is 2.70 bits per heavy atom. The summed E-state index contributed by atoms with van der Waals surface area (Å²) in [6.07, 6.45) is 5.23. The highest BCUT2D eigenvalue weighted by atomic mass is 127. The number of nitrogens with zero attached hydrogens (tertiary/aromatic N) is 1. The SMILES string of the molecule is COc1ccc(Cl)cc1C1(CN=C(N)Nc2ccc3c(c2)CCC3)CCOCC1.I. The number of ether oxygens (including phenoxy) is 2. The molecule has 0 atom stereocenters. The Balaban J connectivity index is 0.00000256. The van der Waals surface area contributed by atoms with E-state index < -0.39 is 0 Å². The molecular formula is C23H29ClIN3O2. The fourth-order valence-electron chi connectivity index (χ4n) is 4.44. The second-order valence-corrected chi connectivity index (χ2v) is 8.34. The van der Waals surface area contributed by atoms with Crippen LogP contribution in [0.2, 0.25) is 5.02 Å². The van der Waals surface area contributed by atoms with Gasteiger partial charge in [0.15, 0.2) is 5.96 Å². The number of hydrogen-bond donors (Lipinski definition) is 2. The summed E-state index contributed by atoms with van der Waals surface area (Å²) in [5.41, 5.74) is 11.0. The Morgan fingerprint density at radius 2 is 1.93 bits per heavy atom. The van der Waals surface area contributed by atoms with Crippen LogP contribution < -0.4 is 15.8 Å². The van der Waals surface area contributed by atoms with Gasteiger partial charge in [-0.3, -0.25) is 4.99 Å². The van der Waals surface area contributed by atoms with Crippen molar-refractivity contribution in [3.8, 4) is 5.75 Å². The van der Waals surface area contributed by atoms with Crippen LogP contribution in [0.25, 0.3) is 0 Å². The summed E-state index contributed by atoms with van der Waals surface area (Å²) in [5.74, 6) is 1.26. The lowest BCUT2D eigenvalue weighted by atomic mass is 9.73. The zero-order valence-electron chi connectivity index (χ0n) is 17.2. The van der Waals surface area contributed by atoms with E-state index in [1.165, 1.54) is 24.0 Å². The predicted molar refractivity (Wildman–Crippen MR) is 134 cm³/mol. The van der Waals surface area contributed by atoms with E-state index in [0.29, 0.717) is 30.7 Å². The fourth-order valence-corrected chi connectivity index (χ4v) is 4.62. The van der Waals surface area contributed by atoms with Gasteiger partial charge in [0.25, 0.3) is 0 Å². The molecule has 4 rings (SSSR count). The molecule has 2 aromatic carbocycles. The number of aryl methyl sites for hydroxylation is 2. The average Bonchev–Trinajstić information content (AvgIpc) is 3.21. The monoisotopic (exact) mass is 541 g/mol. The third-order valence-corrected chi connectivity index (χ3v) is 6.34. The Morgan fingerprint density at radius 1 is 1.17 bits per heavy atom.